The molecular weight excluding hydrogens is 372 g/mol. The van der Waals surface area contributed by atoms with Gasteiger partial charge in [0, 0.05) is 29.1 Å². The van der Waals surface area contributed by atoms with Gasteiger partial charge in [-0.1, -0.05) is 17.8 Å². The van der Waals surface area contributed by atoms with Crippen LogP contribution >= 0.6 is 11.8 Å². The van der Waals surface area contributed by atoms with Crippen LogP contribution in [-0.4, -0.2) is 37.8 Å². The first-order valence-corrected chi connectivity index (χ1v) is 9.38. The van der Waals surface area contributed by atoms with Gasteiger partial charge in [0.15, 0.2) is 0 Å². The van der Waals surface area contributed by atoms with Crippen LogP contribution in [0.3, 0.4) is 0 Å². The summed E-state index contributed by atoms with van der Waals surface area (Å²) < 4.78 is 1.50. The highest BCUT2D eigenvalue weighted by atomic mass is 32.2. The Balaban J connectivity index is 1.70. The summed E-state index contributed by atoms with van der Waals surface area (Å²) in [6.45, 7) is 0.0819. The van der Waals surface area contributed by atoms with E-state index >= 15 is 0 Å². The summed E-state index contributed by atoms with van der Waals surface area (Å²) in [5, 5.41) is 23.1. The van der Waals surface area contributed by atoms with Crippen LogP contribution in [0.1, 0.15) is 17.7 Å². The standard InChI is InChI=1S/C17H18N4O5S/c22-8-7-20-14-6-2-5-13(14)16(19-17(20)24)27-10-15(23)18-11-3-1-4-12(9-11)21(25)26/h1,3-4,9,22H,2,5-8,10H2,(H,18,23). The van der Waals surface area contributed by atoms with Crippen molar-refractivity contribution in [3.63, 3.8) is 0 Å². The van der Waals surface area contributed by atoms with Crippen LogP contribution in [0.2, 0.25) is 0 Å². The Kier molecular flexibility index (Phi) is 5.87. The summed E-state index contributed by atoms with van der Waals surface area (Å²) in [5.41, 5.74) is 1.65. The lowest BCUT2D eigenvalue weighted by atomic mass is 10.2. The molecule has 10 heteroatoms. The van der Waals surface area contributed by atoms with Crippen LogP contribution in [0.4, 0.5) is 11.4 Å². The molecule has 0 aliphatic heterocycles. The topological polar surface area (TPSA) is 127 Å². The maximum atomic E-state index is 12.2. The zero-order valence-corrected chi connectivity index (χ0v) is 15.2. The Bertz CT molecular complexity index is 943. The Morgan fingerprint density at radius 2 is 2.22 bits per heavy atom. The highest BCUT2D eigenvalue weighted by Crippen LogP contribution is 2.29. The van der Waals surface area contributed by atoms with E-state index in [9.17, 15) is 19.7 Å². The van der Waals surface area contributed by atoms with Crippen LogP contribution in [0, 0.1) is 10.1 Å². The summed E-state index contributed by atoms with van der Waals surface area (Å²) in [6, 6.07) is 5.70. The molecule has 1 aromatic heterocycles. The molecule has 1 heterocycles. The van der Waals surface area contributed by atoms with Crippen LogP contribution in [0.5, 0.6) is 0 Å². The zero-order valence-electron chi connectivity index (χ0n) is 14.4. The lowest BCUT2D eigenvalue weighted by molar-refractivity contribution is -0.384. The van der Waals surface area contributed by atoms with Gasteiger partial charge in [0.05, 0.1) is 23.8 Å². The van der Waals surface area contributed by atoms with Gasteiger partial charge in [-0.2, -0.15) is 4.98 Å². The van der Waals surface area contributed by atoms with Gasteiger partial charge in [-0.05, 0) is 25.3 Å². The van der Waals surface area contributed by atoms with Crippen molar-refractivity contribution in [2.45, 2.75) is 30.8 Å². The van der Waals surface area contributed by atoms with E-state index in [1.807, 2.05) is 0 Å². The molecule has 2 N–H and O–H groups in total. The molecule has 2 aromatic rings. The minimum atomic E-state index is -0.529. The average Bonchev–Trinajstić information content (AvgIpc) is 3.12. The van der Waals surface area contributed by atoms with Crippen molar-refractivity contribution >= 4 is 29.0 Å². The Morgan fingerprint density at radius 3 is 2.96 bits per heavy atom. The first kappa shape index (κ1) is 19.1. The monoisotopic (exact) mass is 390 g/mol. The number of aliphatic hydroxyl groups is 1. The van der Waals surface area contributed by atoms with E-state index in [0.717, 1.165) is 30.5 Å². The fourth-order valence-electron chi connectivity index (χ4n) is 3.06. The molecule has 0 fully saturated rings. The number of non-ortho nitro benzene ring substituents is 1. The summed E-state index contributed by atoms with van der Waals surface area (Å²) >= 11 is 1.17. The van der Waals surface area contributed by atoms with Gasteiger partial charge in [-0.25, -0.2) is 4.79 Å². The fourth-order valence-corrected chi connectivity index (χ4v) is 3.94. The number of hydrogen-bond donors (Lipinski definition) is 2. The van der Waals surface area contributed by atoms with E-state index in [1.165, 1.54) is 34.5 Å². The molecule has 1 aromatic carbocycles. The fraction of sp³-hybridized carbons (Fsp3) is 0.353. The van der Waals surface area contributed by atoms with Crippen molar-refractivity contribution in [1.29, 1.82) is 0 Å². The molecule has 0 unspecified atom stereocenters. The quantitative estimate of drug-likeness (QED) is 0.316. The van der Waals surface area contributed by atoms with Crippen molar-refractivity contribution in [3.8, 4) is 0 Å². The van der Waals surface area contributed by atoms with E-state index < -0.39 is 10.6 Å². The molecule has 0 spiro atoms. The van der Waals surface area contributed by atoms with Crippen LogP contribution in [-0.2, 0) is 24.2 Å². The second-order valence-corrected chi connectivity index (χ2v) is 6.96. The van der Waals surface area contributed by atoms with Crippen LogP contribution < -0.4 is 11.0 Å². The van der Waals surface area contributed by atoms with E-state index in [-0.39, 0.29) is 30.5 Å². The molecule has 1 amide bonds. The molecule has 0 saturated heterocycles. The number of aromatic nitrogens is 2. The second kappa shape index (κ2) is 8.31. The molecule has 142 valence electrons. The Morgan fingerprint density at radius 1 is 1.41 bits per heavy atom. The number of hydrogen-bond acceptors (Lipinski definition) is 7. The number of aliphatic hydroxyl groups excluding tert-OH is 1. The summed E-state index contributed by atoms with van der Waals surface area (Å²) in [5.74, 6) is -0.306. The smallest absolute Gasteiger partial charge is 0.348 e. The van der Waals surface area contributed by atoms with Gasteiger partial charge < -0.3 is 10.4 Å². The average molecular weight is 390 g/mol. The maximum absolute atomic E-state index is 12.2. The van der Waals surface area contributed by atoms with Gasteiger partial charge >= 0.3 is 5.69 Å². The highest BCUT2D eigenvalue weighted by Gasteiger charge is 2.22. The largest absolute Gasteiger partial charge is 0.395 e. The Hall–Kier alpha value is -2.72. The number of rotatable bonds is 7. The van der Waals surface area contributed by atoms with Crippen LogP contribution in [0.15, 0.2) is 34.1 Å². The number of amides is 1. The lowest BCUT2D eigenvalue weighted by Gasteiger charge is -2.13. The minimum Gasteiger partial charge on any atom is -0.395 e. The number of anilines is 1. The number of benzene rings is 1. The van der Waals surface area contributed by atoms with Gasteiger partial charge in [0.25, 0.3) is 5.69 Å². The summed E-state index contributed by atoms with van der Waals surface area (Å²) in [7, 11) is 0. The number of thioether (sulfide) groups is 1. The van der Waals surface area contributed by atoms with Crippen molar-refractivity contribution in [2.24, 2.45) is 0 Å². The number of fused-ring (bicyclic) bond motifs is 1. The summed E-state index contributed by atoms with van der Waals surface area (Å²) in [6.07, 6.45) is 2.43. The van der Waals surface area contributed by atoms with Crippen molar-refractivity contribution < 1.29 is 14.8 Å². The number of nitro benzene ring substituents is 1. The van der Waals surface area contributed by atoms with Crippen molar-refractivity contribution in [2.75, 3.05) is 17.7 Å². The second-order valence-electron chi connectivity index (χ2n) is 6.00. The van der Waals surface area contributed by atoms with E-state index in [2.05, 4.69) is 10.3 Å². The van der Waals surface area contributed by atoms with Crippen molar-refractivity contribution in [3.05, 3.63) is 56.1 Å². The normalized spacial score (nSPS) is 12.6. The van der Waals surface area contributed by atoms with Crippen LogP contribution in [0.25, 0.3) is 0 Å². The molecule has 27 heavy (non-hydrogen) atoms. The van der Waals surface area contributed by atoms with Gasteiger partial charge in [-0.3, -0.25) is 19.5 Å². The third-order valence-corrected chi connectivity index (χ3v) is 5.22. The Labute approximate surface area is 158 Å². The third kappa shape index (κ3) is 4.34. The molecule has 0 saturated carbocycles. The molecule has 0 radical (unpaired) electrons. The van der Waals surface area contributed by atoms with Gasteiger partial charge in [-0.15, -0.1) is 0 Å². The number of nitrogens with zero attached hydrogens (tertiary/aromatic N) is 3. The molecular formula is C17H18N4O5S. The molecule has 0 bridgehead atoms. The zero-order chi connectivity index (χ0) is 19.4. The van der Waals surface area contributed by atoms with Gasteiger partial charge in [0.2, 0.25) is 5.91 Å². The highest BCUT2D eigenvalue weighted by molar-refractivity contribution is 8.00. The number of nitrogens with one attached hydrogen (secondary N) is 1. The molecule has 3 rings (SSSR count). The number of nitro groups is 1. The van der Waals surface area contributed by atoms with E-state index in [0.29, 0.717) is 10.7 Å². The van der Waals surface area contributed by atoms with Crippen molar-refractivity contribution in [1.82, 2.24) is 9.55 Å². The number of carbonyl (C=O) groups is 1. The molecule has 1 aliphatic rings. The van der Waals surface area contributed by atoms with Gasteiger partial charge in [0.1, 0.15) is 5.03 Å². The minimum absolute atomic E-state index is 0.0333. The molecule has 9 nitrogen and oxygen atoms in total. The van der Waals surface area contributed by atoms with E-state index in [1.54, 1.807) is 6.07 Å². The predicted octanol–water partition coefficient (Wildman–Crippen LogP) is 1.36. The third-order valence-electron chi connectivity index (χ3n) is 4.21. The maximum Gasteiger partial charge on any atom is 0.348 e. The first-order valence-electron chi connectivity index (χ1n) is 8.40. The SMILES string of the molecule is O=C(CSc1nc(=O)n(CCO)c2c1CCC2)Nc1cccc([N+](=O)[O-])c1. The molecule has 1 aliphatic carbocycles. The molecule has 0 atom stereocenters. The lowest BCUT2D eigenvalue weighted by Crippen LogP contribution is -2.28. The number of carbonyl (C=O) groups excluding carboxylic acids is 1. The first-order chi connectivity index (χ1) is 13.0. The predicted molar refractivity (Wildman–Crippen MR) is 100 cm³/mol. The van der Waals surface area contributed by atoms with E-state index in [4.69, 9.17) is 5.11 Å². The summed E-state index contributed by atoms with van der Waals surface area (Å²) in [4.78, 5) is 38.7.